The van der Waals surface area contributed by atoms with E-state index in [9.17, 15) is 9.59 Å². The van der Waals surface area contributed by atoms with Gasteiger partial charge < -0.3 is 10.3 Å². The van der Waals surface area contributed by atoms with Gasteiger partial charge in [-0.1, -0.05) is 18.2 Å². The van der Waals surface area contributed by atoms with Gasteiger partial charge in [-0.2, -0.15) is 0 Å². The monoisotopic (exact) mass is 366 g/mol. The van der Waals surface area contributed by atoms with Gasteiger partial charge in [-0.3, -0.25) is 14.6 Å². The summed E-state index contributed by atoms with van der Waals surface area (Å²) in [5, 5.41) is 3.85. The Morgan fingerprint density at radius 3 is 3.00 bits per heavy atom. The average molecular weight is 366 g/mol. The molecule has 1 aliphatic carbocycles. The number of hydrogen-bond acceptors (Lipinski definition) is 3. The molecule has 1 aromatic carbocycles. The molecule has 2 heterocycles. The Balaban J connectivity index is 1.70. The molecule has 2 aromatic rings. The number of rotatable bonds is 3. The zero-order chi connectivity index (χ0) is 19.1. The molecule has 1 saturated heterocycles. The lowest BCUT2D eigenvalue weighted by Gasteiger charge is -2.46. The first kappa shape index (κ1) is 17.8. The van der Waals surface area contributed by atoms with Crippen LogP contribution in [0.1, 0.15) is 23.5 Å². The minimum absolute atomic E-state index is 0.117. The molecule has 6 heteroatoms. The first-order valence-corrected chi connectivity index (χ1v) is 9.48. The summed E-state index contributed by atoms with van der Waals surface area (Å²) in [5.74, 6) is -0.0455. The number of fused-ring (bicyclic) bond motifs is 2. The van der Waals surface area contributed by atoms with Crippen molar-refractivity contribution >= 4 is 22.8 Å². The number of nitrogens with one attached hydrogen (secondary N) is 2. The van der Waals surface area contributed by atoms with Gasteiger partial charge in [-0.25, -0.2) is 4.79 Å². The van der Waals surface area contributed by atoms with Crippen molar-refractivity contribution in [1.82, 2.24) is 20.1 Å². The van der Waals surface area contributed by atoms with Crippen LogP contribution in [0.2, 0.25) is 0 Å². The van der Waals surface area contributed by atoms with Gasteiger partial charge in [0, 0.05) is 56.2 Å². The van der Waals surface area contributed by atoms with Gasteiger partial charge in [0.05, 0.1) is 5.92 Å². The first-order chi connectivity index (χ1) is 13.0. The van der Waals surface area contributed by atoms with E-state index in [0.29, 0.717) is 12.6 Å². The van der Waals surface area contributed by atoms with Crippen LogP contribution in [0.3, 0.4) is 0 Å². The fraction of sp³-hybridized carbons (Fsp3) is 0.429. The second kappa shape index (κ2) is 6.85. The summed E-state index contributed by atoms with van der Waals surface area (Å²) in [4.78, 5) is 31.8. The number of likely N-dealkylation sites (tertiary alicyclic amines) is 1. The molecular weight excluding hydrogens is 340 g/mol. The molecule has 1 aliphatic heterocycles. The Hall–Kier alpha value is -2.60. The van der Waals surface area contributed by atoms with Gasteiger partial charge in [-0.05, 0) is 30.0 Å². The van der Waals surface area contributed by atoms with E-state index in [2.05, 4.69) is 46.2 Å². The van der Waals surface area contributed by atoms with Crippen LogP contribution in [0.5, 0.6) is 0 Å². The van der Waals surface area contributed by atoms with Crippen LogP contribution in [0, 0.1) is 5.92 Å². The highest BCUT2D eigenvalue weighted by atomic mass is 16.2. The topological polar surface area (TPSA) is 68.4 Å². The highest BCUT2D eigenvalue weighted by Crippen LogP contribution is 2.44. The van der Waals surface area contributed by atoms with Gasteiger partial charge in [0.15, 0.2) is 0 Å². The number of benzene rings is 1. The van der Waals surface area contributed by atoms with Crippen LogP contribution in [-0.2, 0) is 11.2 Å². The molecule has 0 spiro atoms. The van der Waals surface area contributed by atoms with E-state index in [1.54, 1.807) is 14.1 Å². The zero-order valence-corrected chi connectivity index (χ0v) is 15.9. The summed E-state index contributed by atoms with van der Waals surface area (Å²) in [6.45, 7) is 5.30. The van der Waals surface area contributed by atoms with Crippen LogP contribution in [0.15, 0.2) is 37.1 Å². The zero-order valence-electron chi connectivity index (χ0n) is 15.9. The van der Waals surface area contributed by atoms with Crippen molar-refractivity contribution in [3.05, 3.63) is 48.2 Å². The quantitative estimate of drug-likeness (QED) is 0.820. The Morgan fingerprint density at radius 2 is 2.26 bits per heavy atom. The molecule has 0 bridgehead atoms. The maximum atomic E-state index is 13.0. The maximum Gasteiger partial charge on any atom is 0.323 e. The van der Waals surface area contributed by atoms with Crippen molar-refractivity contribution < 1.29 is 9.59 Å². The smallest absolute Gasteiger partial charge is 0.323 e. The van der Waals surface area contributed by atoms with Gasteiger partial charge >= 0.3 is 6.03 Å². The molecule has 2 N–H and O–H groups in total. The molecule has 142 valence electrons. The second-order valence-electron chi connectivity index (χ2n) is 7.59. The Kier molecular flexibility index (Phi) is 4.52. The molecule has 0 saturated carbocycles. The fourth-order valence-electron chi connectivity index (χ4n) is 4.89. The lowest BCUT2D eigenvalue weighted by molar-refractivity contribution is -0.134. The number of aromatic nitrogens is 1. The molecule has 1 aromatic heterocycles. The van der Waals surface area contributed by atoms with E-state index in [1.807, 2.05) is 6.08 Å². The summed E-state index contributed by atoms with van der Waals surface area (Å²) in [6.07, 6.45) is 5.76. The van der Waals surface area contributed by atoms with E-state index in [1.165, 1.54) is 21.4 Å². The van der Waals surface area contributed by atoms with Crippen molar-refractivity contribution in [2.24, 2.45) is 5.92 Å². The summed E-state index contributed by atoms with van der Waals surface area (Å²) in [5.41, 5.74) is 3.82. The number of hydrogen-bond donors (Lipinski definition) is 2. The SMILES string of the molecule is C=CCN1CC(C(=O)N(C)C(=O)NC)CC2c3cccc4[nH]cc(c34)C[C@H]21. The Morgan fingerprint density at radius 1 is 1.44 bits per heavy atom. The van der Waals surface area contributed by atoms with Crippen molar-refractivity contribution in [1.29, 1.82) is 0 Å². The minimum Gasteiger partial charge on any atom is -0.361 e. The summed E-state index contributed by atoms with van der Waals surface area (Å²) >= 11 is 0. The van der Waals surface area contributed by atoms with E-state index in [-0.39, 0.29) is 23.8 Å². The van der Waals surface area contributed by atoms with Crippen LogP contribution < -0.4 is 5.32 Å². The number of piperidine rings is 1. The van der Waals surface area contributed by atoms with E-state index in [0.717, 1.165) is 24.9 Å². The molecule has 0 radical (unpaired) electrons. The first-order valence-electron chi connectivity index (χ1n) is 9.48. The van der Waals surface area contributed by atoms with Gasteiger partial charge in [-0.15, -0.1) is 6.58 Å². The lowest BCUT2D eigenvalue weighted by Crippen LogP contribution is -2.54. The maximum absolute atomic E-state index is 13.0. The fourth-order valence-corrected chi connectivity index (χ4v) is 4.89. The lowest BCUT2D eigenvalue weighted by atomic mass is 9.72. The van der Waals surface area contributed by atoms with E-state index in [4.69, 9.17) is 0 Å². The molecule has 2 unspecified atom stereocenters. The molecule has 1 fully saturated rings. The summed E-state index contributed by atoms with van der Waals surface area (Å²) < 4.78 is 0. The average Bonchev–Trinajstić information content (AvgIpc) is 3.11. The third-order valence-corrected chi connectivity index (χ3v) is 6.14. The van der Waals surface area contributed by atoms with Crippen LogP contribution in [0.4, 0.5) is 4.79 Å². The number of aromatic amines is 1. The number of urea groups is 1. The highest BCUT2D eigenvalue weighted by Gasteiger charge is 2.43. The number of amides is 3. The number of carbonyl (C=O) groups is 2. The van der Waals surface area contributed by atoms with Crippen LogP contribution >= 0.6 is 0 Å². The van der Waals surface area contributed by atoms with Crippen LogP contribution in [0.25, 0.3) is 10.9 Å². The van der Waals surface area contributed by atoms with Crippen LogP contribution in [-0.4, -0.2) is 59.9 Å². The number of imide groups is 1. The second-order valence-corrected chi connectivity index (χ2v) is 7.59. The van der Waals surface area contributed by atoms with E-state index < -0.39 is 0 Å². The third-order valence-electron chi connectivity index (χ3n) is 6.14. The normalized spacial score (nSPS) is 24.3. The summed E-state index contributed by atoms with van der Waals surface area (Å²) in [6, 6.07) is 6.37. The standard InChI is InChI=1S/C21H26N4O2/c1-4-8-25-12-14(20(26)24(3)21(27)22-2)9-16-15-6-5-7-17-19(15)13(11-23-17)10-18(16)25/h4-7,11,14,16,18,23H,1,8-10,12H2,2-3H3,(H,22,27)/t14?,16?,18-/m1/s1. The van der Waals surface area contributed by atoms with Gasteiger partial charge in [0.1, 0.15) is 0 Å². The molecule has 3 atom stereocenters. The highest BCUT2D eigenvalue weighted by molar-refractivity contribution is 5.95. The van der Waals surface area contributed by atoms with Crippen molar-refractivity contribution in [3.8, 4) is 0 Å². The van der Waals surface area contributed by atoms with E-state index >= 15 is 0 Å². The number of nitrogens with zero attached hydrogens (tertiary/aromatic N) is 2. The van der Waals surface area contributed by atoms with Crippen molar-refractivity contribution in [2.75, 3.05) is 27.2 Å². The minimum atomic E-state index is -0.365. The third kappa shape index (κ3) is 2.84. The molecule has 2 aliphatic rings. The molecule has 3 amide bonds. The van der Waals surface area contributed by atoms with Crippen molar-refractivity contribution in [3.63, 3.8) is 0 Å². The van der Waals surface area contributed by atoms with Gasteiger partial charge in [0.2, 0.25) is 5.91 Å². The molecular formula is C21H26N4O2. The Bertz CT molecular complexity index is 903. The predicted molar refractivity (Wildman–Crippen MR) is 106 cm³/mol. The molecule has 27 heavy (non-hydrogen) atoms. The summed E-state index contributed by atoms with van der Waals surface area (Å²) in [7, 11) is 3.10. The van der Waals surface area contributed by atoms with Crippen molar-refractivity contribution in [2.45, 2.75) is 24.8 Å². The predicted octanol–water partition coefficient (Wildman–Crippen LogP) is 2.48. The number of H-pyrrole nitrogens is 1. The number of carbonyl (C=O) groups excluding carboxylic acids is 2. The molecule has 6 nitrogen and oxygen atoms in total. The molecule has 4 rings (SSSR count). The largest absolute Gasteiger partial charge is 0.361 e. The Labute approximate surface area is 159 Å². The van der Waals surface area contributed by atoms with Gasteiger partial charge in [0.25, 0.3) is 0 Å².